The molecule has 1 atom stereocenters. The molecule has 25 heavy (non-hydrogen) atoms. The number of methoxy groups -OCH3 is 1. The lowest BCUT2D eigenvalue weighted by molar-refractivity contribution is 0.243. The van der Waals surface area contributed by atoms with E-state index in [-0.39, 0.29) is 23.6 Å². The van der Waals surface area contributed by atoms with Gasteiger partial charge in [0, 0.05) is 30.5 Å². The molecular weight excluding hydrogens is 321 g/mol. The Bertz CT molecular complexity index is 766. The Morgan fingerprint density at radius 3 is 2.84 bits per heavy atom. The summed E-state index contributed by atoms with van der Waals surface area (Å²) < 4.78 is 18.8. The van der Waals surface area contributed by atoms with E-state index in [4.69, 9.17) is 4.74 Å². The number of benzene rings is 2. The lowest BCUT2D eigenvalue weighted by Crippen LogP contribution is -2.46. The van der Waals surface area contributed by atoms with Gasteiger partial charge in [0.2, 0.25) is 0 Å². The quantitative estimate of drug-likeness (QED) is 0.865. The zero-order valence-corrected chi connectivity index (χ0v) is 14.4. The summed E-state index contributed by atoms with van der Waals surface area (Å²) in [6.07, 6.45) is 0.922. The van der Waals surface area contributed by atoms with Gasteiger partial charge in [-0.1, -0.05) is 12.1 Å². The van der Waals surface area contributed by atoms with E-state index >= 15 is 0 Å². The van der Waals surface area contributed by atoms with Crippen LogP contribution in [0.3, 0.4) is 0 Å². The lowest BCUT2D eigenvalue weighted by Gasteiger charge is -2.28. The minimum Gasteiger partial charge on any atom is -0.494 e. The number of carbonyl (C=O) groups is 1. The van der Waals surface area contributed by atoms with Crippen molar-refractivity contribution in [1.82, 2.24) is 5.32 Å². The van der Waals surface area contributed by atoms with Crippen molar-refractivity contribution in [1.29, 1.82) is 0 Å². The Kier molecular flexibility index (Phi) is 5.07. The van der Waals surface area contributed by atoms with Crippen LogP contribution in [0, 0.1) is 5.82 Å². The molecule has 3 rings (SSSR count). The van der Waals surface area contributed by atoms with Crippen LogP contribution in [0.25, 0.3) is 0 Å². The van der Waals surface area contributed by atoms with Crippen molar-refractivity contribution in [3.05, 3.63) is 53.8 Å². The van der Waals surface area contributed by atoms with Gasteiger partial charge in [0.1, 0.15) is 0 Å². The summed E-state index contributed by atoms with van der Waals surface area (Å²) in [6, 6.07) is 12.4. The molecule has 0 aliphatic carbocycles. The van der Waals surface area contributed by atoms with E-state index in [1.807, 2.05) is 37.3 Å². The molecule has 2 aromatic rings. The number of amides is 2. The van der Waals surface area contributed by atoms with Gasteiger partial charge < -0.3 is 15.4 Å². The predicted octanol–water partition coefficient (Wildman–Crippen LogP) is 3.93. The maximum Gasteiger partial charge on any atom is 0.321 e. The summed E-state index contributed by atoms with van der Waals surface area (Å²) in [7, 11) is 1.45. The molecule has 1 fully saturated rings. The molecule has 1 heterocycles. The number of carbonyl (C=O) groups excluding carboxylic acids is 1. The fraction of sp³-hybridized carbons (Fsp3) is 0.316. The molecule has 0 radical (unpaired) electrons. The van der Waals surface area contributed by atoms with Gasteiger partial charge in [0.15, 0.2) is 11.6 Å². The number of hydrogen-bond acceptors (Lipinski definition) is 3. The number of ether oxygens (including phenoxy) is 1. The summed E-state index contributed by atoms with van der Waals surface area (Å²) >= 11 is 0. The smallest absolute Gasteiger partial charge is 0.321 e. The van der Waals surface area contributed by atoms with E-state index in [1.54, 1.807) is 11.0 Å². The standard InChI is InChI=1S/C19H22FN3O2/c1-13(14-7-8-18(25-2)17(20)11-14)22-15-5-3-6-16(12-15)23-10-4-9-21-19(23)24/h3,5-8,11-13,22H,4,9-10H2,1-2H3,(H,21,24)/t13-/m0/s1. The highest BCUT2D eigenvalue weighted by atomic mass is 19.1. The van der Waals surface area contributed by atoms with Crippen molar-refractivity contribution >= 4 is 17.4 Å². The van der Waals surface area contributed by atoms with Gasteiger partial charge in [-0.2, -0.15) is 0 Å². The molecule has 1 saturated heterocycles. The molecule has 5 nitrogen and oxygen atoms in total. The Labute approximate surface area is 146 Å². The Morgan fingerprint density at radius 2 is 2.12 bits per heavy atom. The van der Waals surface area contributed by atoms with Crippen molar-refractivity contribution in [3.8, 4) is 5.75 Å². The van der Waals surface area contributed by atoms with Crippen LogP contribution in [0.15, 0.2) is 42.5 Å². The Hall–Kier alpha value is -2.76. The highest BCUT2D eigenvalue weighted by Crippen LogP contribution is 2.27. The second-order valence-corrected chi connectivity index (χ2v) is 6.05. The lowest BCUT2D eigenvalue weighted by atomic mass is 10.1. The van der Waals surface area contributed by atoms with Crippen LogP contribution in [-0.2, 0) is 0 Å². The SMILES string of the molecule is COc1ccc([C@H](C)Nc2cccc(N3CCCNC3=O)c2)cc1F. The molecule has 1 aliphatic rings. The van der Waals surface area contributed by atoms with Crippen molar-refractivity contribution in [3.63, 3.8) is 0 Å². The van der Waals surface area contributed by atoms with E-state index in [9.17, 15) is 9.18 Å². The molecule has 0 unspecified atom stereocenters. The first-order chi connectivity index (χ1) is 12.1. The number of nitrogens with zero attached hydrogens (tertiary/aromatic N) is 1. The Balaban J connectivity index is 1.75. The van der Waals surface area contributed by atoms with E-state index in [1.165, 1.54) is 13.2 Å². The van der Waals surface area contributed by atoms with Crippen LogP contribution in [-0.4, -0.2) is 26.2 Å². The second-order valence-electron chi connectivity index (χ2n) is 6.05. The number of anilines is 2. The van der Waals surface area contributed by atoms with Crippen LogP contribution >= 0.6 is 0 Å². The monoisotopic (exact) mass is 343 g/mol. The zero-order valence-electron chi connectivity index (χ0n) is 14.4. The zero-order chi connectivity index (χ0) is 17.8. The van der Waals surface area contributed by atoms with E-state index in [0.29, 0.717) is 13.1 Å². The van der Waals surface area contributed by atoms with Crippen LogP contribution in [0.4, 0.5) is 20.6 Å². The van der Waals surface area contributed by atoms with Crippen molar-refractivity contribution < 1.29 is 13.9 Å². The van der Waals surface area contributed by atoms with Crippen LogP contribution in [0.5, 0.6) is 5.75 Å². The first-order valence-corrected chi connectivity index (χ1v) is 8.34. The maximum absolute atomic E-state index is 13.9. The minimum atomic E-state index is -0.382. The van der Waals surface area contributed by atoms with E-state index in [2.05, 4.69) is 10.6 Å². The first-order valence-electron chi connectivity index (χ1n) is 8.34. The fourth-order valence-electron chi connectivity index (χ4n) is 2.92. The van der Waals surface area contributed by atoms with Gasteiger partial charge in [0.25, 0.3) is 0 Å². The molecule has 6 heteroatoms. The average molecular weight is 343 g/mol. The predicted molar refractivity (Wildman–Crippen MR) is 96.8 cm³/mol. The molecule has 0 saturated carbocycles. The molecule has 2 N–H and O–H groups in total. The van der Waals surface area contributed by atoms with Gasteiger partial charge in [-0.05, 0) is 49.2 Å². The van der Waals surface area contributed by atoms with Gasteiger partial charge in [-0.25, -0.2) is 9.18 Å². The van der Waals surface area contributed by atoms with Gasteiger partial charge in [-0.15, -0.1) is 0 Å². The molecule has 0 bridgehead atoms. The normalized spacial score (nSPS) is 15.5. The molecule has 0 aromatic heterocycles. The van der Waals surface area contributed by atoms with E-state index in [0.717, 1.165) is 23.4 Å². The van der Waals surface area contributed by atoms with Gasteiger partial charge >= 0.3 is 6.03 Å². The molecular formula is C19H22FN3O2. The first kappa shape index (κ1) is 17.1. The Morgan fingerprint density at radius 1 is 1.28 bits per heavy atom. The number of rotatable bonds is 5. The summed E-state index contributed by atoms with van der Waals surface area (Å²) in [5, 5.41) is 6.20. The van der Waals surface area contributed by atoms with Crippen molar-refractivity contribution in [2.75, 3.05) is 30.4 Å². The number of hydrogen-bond donors (Lipinski definition) is 2. The molecule has 2 aromatic carbocycles. The van der Waals surface area contributed by atoms with Crippen LogP contribution < -0.4 is 20.3 Å². The van der Waals surface area contributed by atoms with Crippen molar-refractivity contribution in [2.24, 2.45) is 0 Å². The number of urea groups is 1. The average Bonchev–Trinajstić information content (AvgIpc) is 2.62. The largest absolute Gasteiger partial charge is 0.494 e. The molecule has 1 aliphatic heterocycles. The highest BCUT2D eigenvalue weighted by Gasteiger charge is 2.19. The molecule has 0 spiro atoms. The molecule has 132 valence electrons. The van der Waals surface area contributed by atoms with Crippen LogP contribution in [0.2, 0.25) is 0 Å². The van der Waals surface area contributed by atoms with E-state index < -0.39 is 0 Å². The van der Waals surface area contributed by atoms with Gasteiger partial charge in [-0.3, -0.25) is 4.90 Å². The number of nitrogens with one attached hydrogen (secondary N) is 2. The highest BCUT2D eigenvalue weighted by molar-refractivity contribution is 5.93. The number of halogens is 1. The second kappa shape index (κ2) is 7.42. The topological polar surface area (TPSA) is 53.6 Å². The summed E-state index contributed by atoms with van der Waals surface area (Å²) in [5.74, 6) is -0.151. The van der Waals surface area contributed by atoms with Crippen LogP contribution in [0.1, 0.15) is 24.9 Å². The molecule has 2 amide bonds. The van der Waals surface area contributed by atoms with Crippen molar-refractivity contribution in [2.45, 2.75) is 19.4 Å². The summed E-state index contributed by atoms with van der Waals surface area (Å²) in [4.78, 5) is 13.7. The maximum atomic E-state index is 13.9. The third kappa shape index (κ3) is 3.84. The van der Waals surface area contributed by atoms with Gasteiger partial charge in [0.05, 0.1) is 7.11 Å². The third-order valence-electron chi connectivity index (χ3n) is 4.30. The summed E-state index contributed by atoms with van der Waals surface area (Å²) in [5.41, 5.74) is 2.54. The fourth-order valence-corrected chi connectivity index (χ4v) is 2.92. The summed E-state index contributed by atoms with van der Waals surface area (Å²) in [6.45, 7) is 3.38. The third-order valence-corrected chi connectivity index (χ3v) is 4.30. The minimum absolute atomic E-state index is 0.0753.